The van der Waals surface area contributed by atoms with Crippen LogP contribution in [0.4, 0.5) is 0 Å². The first-order chi connectivity index (χ1) is 17.1. The Bertz CT molecular complexity index is 1180. The van der Waals surface area contributed by atoms with Crippen molar-refractivity contribution in [2.75, 3.05) is 19.3 Å². The van der Waals surface area contributed by atoms with Gasteiger partial charge in [-0.2, -0.15) is 4.99 Å². The quantitative estimate of drug-likeness (QED) is 0.247. The number of aliphatic imine (C=N–C) groups is 1. The van der Waals surface area contributed by atoms with Gasteiger partial charge in [0.15, 0.2) is 5.96 Å². The van der Waals surface area contributed by atoms with Gasteiger partial charge in [-0.1, -0.05) is 60.7 Å². The lowest BCUT2D eigenvalue weighted by molar-refractivity contribution is -0.149. The Morgan fingerprint density at radius 3 is 2.03 bits per heavy atom. The highest BCUT2D eigenvalue weighted by molar-refractivity contribution is 7.88. The number of hydrogen-bond acceptors (Lipinski definition) is 5. The molecule has 2 aromatic carbocycles. The van der Waals surface area contributed by atoms with E-state index in [1.807, 2.05) is 60.7 Å². The van der Waals surface area contributed by atoms with Crippen molar-refractivity contribution in [2.45, 2.75) is 30.8 Å². The molecule has 192 valence electrons. The monoisotopic (exact) mass is 514 g/mol. The normalized spacial score (nSPS) is 16.1. The van der Waals surface area contributed by atoms with Gasteiger partial charge in [-0.25, -0.2) is 13.1 Å². The van der Waals surface area contributed by atoms with Crippen molar-refractivity contribution in [3.05, 3.63) is 71.8 Å². The van der Waals surface area contributed by atoms with Crippen LogP contribution >= 0.6 is 0 Å². The zero-order valence-electron chi connectivity index (χ0n) is 19.8. The smallest absolute Gasteiger partial charge is 0.250 e. The summed E-state index contributed by atoms with van der Waals surface area (Å²) in [6.45, 7) is 0.288. The zero-order chi connectivity index (χ0) is 26.3. The van der Waals surface area contributed by atoms with E-state index < -0.39 is 45.7 Å². The van der Waals surface area contributed by atoms with Crippen molar-refractivity contribution in [2.24, 2.45) is 16.5 Å². The second kappa shape index (κ2) is 11.8. The number of carbonyl (C=O) groups excluding carboxylic acids is 3. The number of hydrogen-bond donors (Lipinski definition) is 4. The molecule has 2 atom stereocenters. The fraction of sp³-hybridized carbons (Fsp3) is 0.333. The van der Waals surface area contributed by atoms with E-state index >= 15 is 0 Å². The van der Waals surface area contributed by atoms with Crippen LogP contribution in [-0.2, 0) is 24.4 Å². The molecule has 11 nitrogen and oxygen atoms in total. The van der Waals surface area contributed by atoms with E-state index in [0.717, 1.165) is 17.4 Å². The number of benzene rings is 2. The van der Waals surface area contributed by atoms with Crippen LogP contribution in [-0.4, -0.2) is 68.4 Å². The molecule has 6 N–H and O–H groups in total. The Hall–Kier alpha value is -3.77. The van der Waals surface area contributed by atoms with Gasteiger partial charge in [0.1, 0.15) is 12.1 Å². The summed E-state index contributed by atoms with van der Waals surface area (Å²) in [5, 5.41) is 2.61. The maximum Gasteiger partial charge on any atom is 0.250 e. The number of guanidine groups is 1. The van der Waals surface area contributed by atoms with Gasteiger partial charge in [-0.05, 0) is 17.5 Å². The number of amides is 3. The lowest BCUT2D eigenvalue weighted by Crippen LogP contribution is -2.63. The maximum absolute atomic E-state index is 13.7. The minimum Gasteiger partial charge on any atom is -0.370 e. The third-order valence-corrected chi connectivity index (χ3v) is 6.44. The molecule has 0 radical (unpaired) electrons. The molecule has 0 unspecified atom stereocenters. The van der Waals surface area contributed by atoms with Gasteiger partial charge in [-0.3, -0.25) is 14.4 Å². The topological polar surface area (TPSA) is 177 Å². The number of sulfonamides is 1. The van der Waals surface area contributed by atoms with E-state index in [1.165, 1.54) is 4.90 Å². The van der Waals surface area contributed by atoms with Crippen LogP contribution in [0.1, 0.15) is 29.9 Å². The molecule has 0 spiro atoms. The number of nitrogens with zero attached hydrogens (tertiary/aromatic N) is 2. The molecule has 1 fully saturated rings. The Morgan fingerprint density at radius 2 is 1.58 bits per heavy atom. The molecule has 1 aliphatic rings. The fourth-order valence-electron chi connectivity index (χ4n) is 4.10. The molecule has 12 heteroatoms. The van der Waals surface area contributed by atoms with Gasteiger partial charge in [0.25, 0.3) is 5.91 Å². The molecular formula is C24H30N6O5S. The zero-order valence-corrected chi connectivity index (χ0v) is 20.6. The fourth-order valence-corrected chi connectivity index (χ4v) is 4.80. The van der Waals surface area contributed by atoms with Crippen LogP contribution in [0.3, 0.4) is 0 Å². The summed E-state index contributed by atoms with van der Waals surface area (Å²) in [5.74, 6) is -2.53. The molecule has 3 amide bonds. The van der Waals surface area contributed by atoms with Crippen LogP contribution in [0.25, 0.3) is 0 Å². The number of rotatable bonds is 10. The highest BCUT2D eigenvalue weighted by Gasteiger charge is 2.43. The molecule has 0 aliphatic carbocycles. The van der Waals surface area contributed by atoms with Crippen LogP contribution < -0.4 is 21.5 Å². The number of nitrogens with two attached hydrogens (primary N) is 2. The standard InChI is InChI=1S/C24H30N6O5S/c1-36(34,35)29-21(20(16-8-4-2-5-9-16)17-10-6-3-7-11-17)23(33)30-15-13-18(30)22(32)27-14-12-19(31)28-24(25)26/h2-11,18,20-21,29H,12-15H2,1H3,(H,27,32)(H4,25,26,28,31)/t18-,21+/m0/s1. The van der Waals surface area contributed by atoms with E-state index in [0.29, 0.717) is 13.0 Å². The first-order valence-corrected chi connectivity index (χ1v) is 13.2. The van der Waals surface area contributed by atoms with Gasteiger partial charge in [-0.15, -0.1) is 0 Å². The van der Waals surface area contributed by atoms with Gasteiger partial charge in [0.2, 0.25) is 21.8 Å². The third kappa shape index (κ3) is 7.12. The average molecular weight is 515 g/mol. The van der Waals surface area contributed by atoms with Crippen LogP contribution in [0.15, 0.2) is 65.7 Å². The van der Waals surface area contributed by atoms with Gasteiger partial charge < -0.3 is 21.7 Å². The summed E-state index contributed by atoms with van der Waals surface area (Å²) >= 11 is 0. The Labute approximate surface area is 210 Å². The van der Waals surface area contributed by atoms with E-state index in [4.69, 9.17) is 11.5 Å². The maximum atomic E-state index is 13.7. The highest BCUT2D eigenvalue weighted by Crippen LogP contribution is 2.31. The number of carbonyl (C=O) groups is 3. The Balaban J connectivity index is 1.83. The SMILES string of the molecule is CS(=O)(=O)N[C@@H](C(=O)N1CC[C@H]1C(=O)NCCC(=O)N=C(N)N)C(c1ccccc1)c1ccccc1. The van der Waals surface area contributed by atoms with Gasteiger partial charge in [0.05, 0.1) is 6.26 Å². The molecule has 3 rings (SSSR count). The molecule has 1 aliphatic heterocycles. The molecule has 0 bridgehead atoms. The minimum atomic E-state index is -3.79. The minimum absolute atomic E-state index is 0.00531. The molecule has 2 aromatic rings. The van der Waals surface area contributed by atoms with Gasteiger partial charge >= 0.3 is 0 Å². The molecule has 1 heterocycles. The molecular weight excluding hydrogens is 484 g/mol. The first kappa shape index (κ1) is 26.8. The van der Waals surface area contributed by atoms with E-state index in [-0.39, 0.29) is 18.9 Å². The summed E-state index contributed by atoms with van der Waals surface area (Å²) in [6.07, 6.45) is 1.30. The molecule has 0 saturated carbocycles. The van der Waals surface area contributed by atoms with Crippen molar-refractivity contribution < 1.29 is 22.8 Å². The summed E-state index contributed by atoms with van der Waals surface area (Å²) in [5.41, 5.74) is 11.8. The highest BCUT2D eigenvalue weighted by atomic mass is 32.2. The number of nitrogens with one attached hydrogen (secondary N) is 2. The average Bonchev–Trinajstić information content (AvgIpc) is 2.78. The van der Waals surface area contributed by atoms with Crippen molar-refractivity contribution in [1.29, 1.82) is 0 Å². The molecule has 0 aromatic heterocycles. The summed E-state index contributed by atoms with van der Waals surface area (Å²) < 4.78 is 27.1. The molecule has 1 saturated heterocycles. The van der Waals surface area contributed by atoms with Crippen LogP contribution in [0.2, 0.25) is 0 Å². The summed E-state index contributed by atoms with van der Waals surface area (Å²) in [6, 6.07) is 16.3. The lowest BCUT2D eigenvalue weighted by Gasteiger charge is -2.43. The largest absolute Gasteiger partial charge is 0.370 e. The van der Waals surface area contributed by atoms with Gasteiger partial charge in [0, 0.05) is 25.4 Å². The van der Waals surface area contributed by atoms with Crippen LogP contribution in [0, 0.1) is 0 Å². The summed E-state index contributed by atoms with van der Waals surface area (Å²) in [7, 11) is -3.79. The Kier molecular flexibility index (Phi) is 8.78. The number of likely N-dealkylation sites (tertiary alicyclic amines) is 1. The second-order valence-corrected chi connectivity index (χ2v) is 10.3. The first-order valence-electron chi connectivity index (χ1n) is 11.3. The van der Waals surface area contributed by atoms with E-state index in [1.54, 1.807) is 0 Å². The van der Waals surface area contributed by atoms with Crippen molar-refractivity contribution >= 4 is 33.7 Å². The molecule has 36 heavy (non-hydrogen) atoms. The van der Waals surface area contributed by atoms with Crippen molar-refractivity contribution in [3.8, 4) is 0 Å². The Morgan fingerprint density at radius 1 is 1.03 bits per heavy atom. The van der Waals surface area contributed by atoms with Crippen molar-refractivity contribution in [1.82, 2.24) is 14.9 Å². The third-order valence-electron chi connectivity index (χ3n) is 5.76. The van der Waals surface area contributed by atoms with Crippen LogP contribution in [0.5, 0.6) is 0 Å². The lowest BCUT2D eigenvalue weighted by atomic mass is 9.84. The van der Waals surface area contributed by atoms with E-state index in [9.17, 15) is 22.8 Å². The predicted molar refractivity (Wildman–Crippen MR) is 135 cm³/mol. The second-order valence-electron chi connectivity index (χ2n) is 8.47. The summed E-state index contributed by atoms with van der Waals surface area (Å²) in [4.78, 5) is 42.8. The van der Waals surface area contributed by atoms with Crippen molar-refractivity contribution in [3.63, 3.8) is 0 Å². The predicted octanol–water partition coefficient (Wildman–Crippen LogP) is -0.356. The van der Waals surface area contributed by atoms with E-state index in [2.05, 4.69) is 15.0 Å².